The van der Waals surface area contributed by atoms with E-state index in [4.69, 9.17) is 4.74 Å². The SMILES string of the molecule is C=CC(O)c1ccccc1O/C=C/C(=C)C. The molecule has 0 bridgehead atoms. The summed E-state index contributed by atoms with van der Waals surface area (Å²) < 4.78 is 5.42. The molecule has 1 aromatic carbocycles. The van der Waals surface area contributed by atoms with Crippen LogP contribution in [-0.2, 0) is 0 Å². The van der Waals surface area contributed by atoms with E-state index in [2.05, 4.69) is 13.2 Å². The van der Waals surface area contributed by atoms with E-state index in [1.54, 1.807) is 24.5 Å². The van der Waals surface area contributed by atoms with Crippen LogP contribution in [0.1, 0.15) is 18.6 Å². The Hall–Kier alpha value is -1.80. The molecule has 16 heavy (non-hydrogen) atoms. The summed E-state index contributed by atoms with van der Waals surface area (Å²) in [5.74, 6) is 0.618. The highest BCUT2D eigenvalue weighted by Crippen LogP contribution is 2.25. The van der Waals surface area contributed by atoms with Gasteiger partial charge in [0.1, 0.15) is 11.9 Å². The highest BCUT2D eigenvalue weighted by Gasteiger charge is 2.08. The molecule has 0 saturated heterocycles. The molecule has 0 radical (unpaired) electrons. The first-order chi connectivity index (χ1) is 7.65. The van der Waals surface area contributed by atoms with Crippen molar-refractivity contribution < 1.29 is 9.84 Å². The van der Waals surface area contributed by atoms with Gasteiger partial charge in [-0.05, 0) is 19.1 Å². The van der Waals surface area contributed by atoms with Gasteiger partial charge in [-0.15, -0.1) is 6.58 Å². The molecular weight excluding hydrogens is 200 g/mol. The Morgan fingerprint density at radius 1 is 1.44 bits per heavy atom. The number of para-hydroxylation sites is 1. The van der Waals surface area contributed by atoms with Crippen molar-refractivity contribution in [1.29, 1.82) is 0 Å². The van der Waals surface area contributed by atoms with Crippen LogP contribution in [0.5, 0.6) is 5.75 Å². The smallest absolute Gasteiger partial charge is 0.132 e. The highest BCUT2D eigenvalue weighted by molar-refractivity contribution is 5.37. The van der Waals surface area contributed by atoms with E-state index in [1.165, 1.54) is 6.08 Å². The minimum atomic E-state index is -0.713. The van der Waals surface area contributed by atoms with E-state index >= 15 is 0 Å². The van der Waals surface area contributed by atoms with Gasteiger partial charge in [0.25, 0.3) is 0 Å². The summed E-state index contributed by atoms with van der Waals surface area (Å²) in [4.78, 5) is 0. The number of rotatable bonds is 5. The van der Waals surface area contributed by atoms with E-state index < -0.39 is 6.10 Å². The minimum Gasteiger partial charge on any atom is -0.465 e. The third-order valence-corrected chi connectivity index (χ3v) is 2.01. The van der Waals surface area contributed by atoms with Gasteiger partial charge in [-0.25, -0.2) is 0 Å². The first-order valence-electron chi connectivity index (χ1n) is 5.03. The summed E-state index contributed by atoms with van der Waals surface area (Å²) >= 11 is 0. The van der Waals surface area contributed by atoms with Crippen LogP contribution in [0.25, 0.3) is 0 Å². The molecule has 1 aromatic rings. The minimum absolute atomic E-state index is 0.618. The first kappa shape index (κ1) is 12.3. The van der Waals surface area contributed by atoms with E-state index in [0.717, 1.165) is 5.57 Å². The number of allylic oxidation sites excluding steroid dienone is 2. The predicted molar refractivity (Wildman–Crippen MR) is 66.2 cm³/mol. The van der Waals surface area contributed by atoms with Crippen LogP contribution in [0.2, 0.25) is 0 Å². The molecule has 0 heterocycles. The van der Waals surface area contributed by atoms with Crippen LogP contribution in [0.3, 0.4) is 0 Å². The number of hydrogen-bond donors (Lipinski definition) is 1. The van der Waals surface area contributed by atoms with Crippen molar-refractivity contribution in [3.63, 3.8) is 0 Å². The van der Waals surface area contributed by atoms with Gasteiger partial charge in [0.15, 0.2) is 0 Å². The zero-order chi connectivity index (χ0) is 12.0. The van der Waals surface area contributed by atoms with Crippen molar-refractivity contribution in [2.24, 2.45) is 0 Å². The molecule has 0 aromatic heterocycles. The fourth-order valence-electron chi connectivity index (χ4n) is 1.18. The lowest BCUT2D eigenvalue weighted by Gasteiger charge is -2.10. The van der Waals surface area contributed by atoms with Gasteiger partial charge in [-0.2, -0.15) is 0 Å². The number of aliphatic hydroxyl groups excluding tert-OH is 1. The van der Waals surface area contributed by atoms with Gasteiger partial charge in [0, 0.05) is 5.56 Å². The lowest BCUT2D eigenvalue weighted by Crippen LogP contribution is -1.96. The topological polar surface area (TPSA) is 29.5 Å². The van der Waals surface area contributed by atoms with E-state index in [0.29, 0.717) is 11.3 Å². The standard InChI is InChI=1S/C14H16O2/c1-4-13(15)12-7-5-6-8-14(12)16-10-9-11(2)3/h4-10,13,15H,1-2H2,3H3/b10-9+. The zero-order valence-corrected chi connectivity index (χ0v) is 9.39. The molecule has 2 nitrogen and oxygen atoms in total. The predicted octanol–water partition coefficient (Wildman–Crippen LogP) is 3.37. The quantitative estimate of drug-likeness (QED) is 0.464. The Kier molecular flexibility index (Phi) is 4.55. The molecule has 0 aliphatic carbocycles. The molecule has 1 N–H and O–H groups in total. The fraction of sp³-hybridized carbons (Fsp3) is 0.143. The maximum atomic E-state index is 9.68. The summed E-state index contributed by atoms with van der Waals surface area (Å²) in [6.07, 6.45) is 4.06. The monoisotopic (exact) mass is 216 g/mol. The zero-order valence-electron chi connectivity index (χ0n) is 9.39. The summed E-state index contributed by atoms with van der Waals surface area (Å²) in [7, 11) is 0. The van der Waals surface area contributed by atoms with Gasteiger partial charge in [-0.3, -0.25) is 0 Å². The Morgan fingerprint density at radius 2 is 2.12 bits per heavy atom. The third kappa shape index (κ3) is 3.41. The second-order valence-corrected chi connectivity index (χ2v) is 3.49. The van der Waals surface area contributed by atoms with Gasteiger partial charge < -0.3 is 9.84 Å². The van der Waals surface area contributed by atoms with Crippen LogP contribution < -0.4 is 4.74 Å². The Balaban J connectivity index is 2.86. The Labute approximate surface area is 96.2 Å². The highest BCUT2D eigenvalue weighted by atomic mass is 16.5. The number of ether oxygens (including phenoxy) is 1. The largest absolute Gasteiger partial charge is 0.465 e. The molecule has 0 aliphatic heterocycles. The van der Waals surface area contributed by atoms with Crippen molar-refractivity contribution in [2.45, 2.75) is 13.0 Å². The summed E-state index contributed by atoms with van der Waals surface area (Å²) in [5, 5.41) is 9.68. The summed E-state index contributed by atoms with van der Waals surface area (Å²) in [6.45, 7) is 9.16. The molecule has 1 unspecified atom stereocenters. The number of hydrogen-bond acceptors (Lipinski definition) is 2. The summed E-state index contributed by atoms with van der Waals surface area (Å²) in [6, 6.07) is 7.29. The van der Waals surface area contributed by atoms with Gasteiger partial charge in [-0.1, -0.05) is 36.4 Å². The van der Waals surface area contributed by atoms with Gasteiger partial charge in [0.2, 0.25) is 0 Å². The van der Waals surface area contributed by atoms with Crippen LogP contribution in [0.4, 0.5) is 0 Å². The van der Waals surface area contributed by atoms with Crippen LogP contribution >= 0.6 is 0 Å². The molecule has 0 amide bonds. The molecular formula is C14H16O2. The third-order valence-electron chi connectivity index (χ3n) is 2.01. The summed E-state index contributed by atoms with van der Waals surface area (Å²) in [5.41, 5.74) is 1.60. The first-order valence-corrected chi connectivity index (χ1v) is 5.03. The van der Waals surface area contributed by atoms with Crippen LogP contribution in [0.15, 0.2) is 61.4 Å². The molecule has 0 spiro atoms. The molecule has 1 rings (SSSR count). The van der Waals surface area contributed by atoms with Crippen molar-refractivity contribution in [3.8, 4) is 5.75 Å². The van der Waals surface area contributed by atoms with Gasteiger partial charge >= 0.3 is 0 Å². The average molecular weight is 216 g/mol. The second kappa shape index (κ2) is 5.93. The molecule has 0 aliphatic rings. The normalized spacial score (nSPS) is 12.4. The Morgan fingerprint density at radius 3 is 2.75 bits per heavy atom. The van der Waals surface area contributed by atoms with Gasteiger partial charge in [0.05, 0.1) is 6.26 Å². The van der Waals surface area contributed by atoms with E-state index in [1.807, 2.05) is 19.1 Å². The number of aliphatic hydroxyl groups is 1. The molecule has 2 heteroatoms. The van der Waals surface area contributed by atoms with Crippen LogP contribution in [0, 0.1) is 0 Å². The lowest BCUT2D eigenvalue weighted by molar-refractivity contribution is 0.225. The van der Waals surface area contributed by atoms with Crippen molar-refractivity contribution >= 4 is 0 Å². The maximum absolute atomic E-state index is 9.68. The van der Waals surface area contributed by atoms with Crippen molar-refractivity contribution in [2.75, 3.05) is 0 Å². The van der Waals surface area contributed by atoms with E-state index in [9.17, 15) is 5.11 Å². The van der Waals surface area contributed by atoms with E-state index in [-0.39, 0.29) is 0 Å². The number of benzene rings is 1. The molecule has 1 atom stereocenters. The maximum Gasteiger partial charge on any atom is 0.132 e. The fourth-order valence-corrected chi connectivity index (χ4v) is 1.18. The average Bonchev–Trinajstić information content (AvgIpc) is 2.28. The Bertz CT molecular complexity index is 405. The van der Waals surface area contributed by atoms with Crippen molar-refractivity contribution in [3.05, 3.63) is 67.0 Å². The van der Waals surface area contributed by atoms with Crippen LogP contribution in [-0.4, -0.2) is 5.11 Å². The van der Waals surface area contributed by atoms with Crippen molar-refractivity contribution in [1.82, 2.24) is 0 Å². The molecule has 0 fully saturated rings. The molecule has 84 valence electrons. The second-order valence-electron chi connectivity index (χ2n) is 3.49. The lowest BCUT2D eigenvalue weighted by atomic mass is 10.1. The molecule has 0 saturated carbocycles.